The first-order valence-corrected chi connectivity index (χ1v) is 6.56. The molecular formula is C14H22O3. The Balaban J connectivity index is 2.46. The lowest BCUT2D eigenvalue weighted by Gasteiger charge is -2.13. The van der Waals surface area contributed by atoms with Gasteiger partial charge >= 0.3 is 5.97 Å². The van der Waals surface area contributed by atoms with E-state index < -0.39 is 0 Å². The average Bonchev–Trinajstić information content (AvgIpc) is 2.62. The van der Waals surface area contributed by atoms with Gasteiger partial charge in [0.15, 0.2) is 0 Å². The van der Waals surface area contributed by atoms with Crippen LogP contribution in [0.25, 0.3) is 0 Å². The van der Waals surface area contributed by atoms with Crippen LogP contribution in [0.4, 0.5) is 0 Å². The van der Waals surface area contributed by atoms with Crippen molar-refractivity contribution in [3.05, 3.63) is 11.6 Å². The van der Waals surface area contributed by atoms with Crippen LogP contribution in [0.15, 0.2) is 11.6 Å². The van der Waals surface area contributed by atoms with Crippen LogP contribution in [0.1, 0.15) is 52.4 Å². The number of hydrogen-bond acceptors (Lipinski definition) is 3. The van der Waals surface area contributed by atoms with Crippen molar-refractivity contribution in [2.45, 2.75) is 52.4 Å². The molecular weight excluding hydrogens is 216 g/mol. The molecule has 0 radical (unpaired) electrons. The lowest BCUT2D eigenvalue weighted by molar-refractivity contribution is -0.142. The van der Waals surface area contributed by atoms with Gasteiger partial charge in [0.2, 0.25) is 0 Å². The number of hydrogen-bond donors (Lipinski definition) is 0. The zero-order chi connectivity index (χ0) is 12.7. The maximum atomic E-state index is 11.7. The van der Waals surface area contributed by atoms with Crippen molar-refractivity contribution in [3.8, 4) is 0 Å². The first kappa shape index (κ1) is 13.9. The highest BCUT2D eigenvalue weighted by Crippen LogP contribution is 2.30. The van der Waals surface area contributed by atoms with Gasteiger partial charge in [0.1, 0.15) is 5.78 Å². The third kappa shape index (κ3) is 4.33. The summed E-state index contributed by atoms with van der Waals surface area (Å²) in [5.41, 5.74) is 0.976. The summed E-state index contributed by atoms with van der Waals surface area (Å²) >= 11 is 0. The Morgan fingerprint density at radius 3 is 2.82 bits per heavy atom. The fourth-order valence-electron chi connectivity index (χ4n) is 2.24. The van der Waals surface area contributed by atoms with Crippen molar-refractivity contribution < 1.29 is 14.3 Å². The number of rotatable bonds is 7. The Morgan fingerprint density at radius 2 is 2.18 bits per heavy atom. The number of carbonyl (C=O) groups excluding carboxylic acids is 2. The van der Waals surface area contributed by atoms with Crippen LogP contribution in [0, 0.1) is 5.92 Å². The van der Waals surface area contributed by atoms with Gasteiger partial charge < -0.3 is 4.74 Å². The Kier molecular flexibility index (Phi) is 5.95. The zero-order valence-electron chi connectivity index (χ0n) is 10.8. The molecule has 0 aromatic rings. The molecule has 3 nitrogen and oxygen atoms in total. The van der Waals surface area contributed by atoms with Gasteiger partial charge in [-0.1, -0.05) is 37.8 Å². The highest BCUT2D eigenvalue weighted by molar-refractivity contribution is 5.90. The normalized spacial score (nSPS) is 19.3. The summed E-state index contributed by atoms with van der Waals surface area (Å²) in [6, 6.07) is 0. The first-order valence-electron chi connectivity index (χ1n) is 6.56. The van der Waals surface area contributed by atoms with Gasteiger partial charge in [0.25, 0.3) is 0 Å². The SMILES string of the molecule is CCCCCC1C(=O)CC=C1CC(=O)OCC. The molecule has 1 aliphatic carbocycles. The molecule has 0 amide bonds. The molecule has 0 saturated carbocycles. The number of unbranched alkanes of at least 4 members (excludes halogenated alkanes) is 2. The molecule has 17 heavy (non-hydrogen) atoms. The molecule has 96 valence electrons. The Bertz CT molecular complexity index is 305. The van der Waals surface area contributed by atoms with Crippen LogP contribution >= 0.6 is 0 Å². The third-order valence-electron chi connectivity index (χ3n) is 3.15. The second kappa shape index (κ2) is 7.25. The van der Waals surface area contributed by atoms with Crippen LogP contribution in [-0.2, 0) is 14.3 Å². The molecule has 0 N–H and O–H groups in total. The van der Waals surface area contributed by atoms with Crippen LogP contribution in [-0.4, -0.2) is 18.4 Å². The quantitative estimate of drug-likeness (QED) is 0.389. The topological polar surface area (TPSA) is 43.4 Å². The molecule has 0 saturated heterocycles. The van der Waals surface area contributed by atoms with E-state index in [-0.39, 0.29) is 24.1 Å². The van der Waals surface area contributed by atoms with E-state index in [1.165, 1.54) is 0 Å². The minimum Gasteiger partial charge on any atom is -0.466 e. The standard InChI is InChI=1S/C14H22O3/c1-3-5-6-7-12-11(8-9-13(12)15)10-14(16)17-4-2/h8,12H,3-7,9-10H2,1-2H3. The number of carbonyl (C=O) groups is 2. The second-order valence-corrected chi connectivity index (χ2v) is 4.48. The Labute approximate surface area is 103 Å². The van der Waals surface area contributed by atoms with Crippen molar-refractivity contribution in [1.82, 2.24) is 0 Å². The summed E-state index contributed by atoms with van der Waals surface area (Å²) in [6.07, 6.45) is 6.94. The maximum absolute atomic E-state index is 11.7. The van der Waals surface area contributed by atoms with Gasteiger partial charge in [-0.25, -0.2) is 0 Å². The molecule has 1 unspecified atom stereocenters. The van der Waals surface area contributed by atoms with Crippen LogP contribution in [0.3, 0.4) is 0 Å². The minimum atomic E-state index is -0.214. The van der Waals surface area contributed by atoms with Crippen molar-refractivity contribution in [2.75, 3.05) is 6.61 Å². The zero-order valence-corrected chi connectivity index (χ0v) is 10.8. The predicted octanol–water partition coefficient (Wildman–Crippen LogP) is 3.04. The molecule has 1 atom stereocenters. The van der Waals surface area contributed by atoms with Crippen molar-refractivity contribution in [3.63, 3.8) is 0 Å². The summed E-state index contributed by atoms with van der Waals surface area (Å²) in [5, 5.41) is 0. The lowest BCUT2D eigenvalue weighted by Crippen LogP contribution is -2.14. The summed E-state index contributed by atoms with van der Waals surface area (Å²) in [6.45, 7) is 4.34. The molecule has 0 aromatic carbocycles. The van der Waals surface area contributed by atoms with Crippen LogP contribution in [0.2, 0.25) is 0 Å². The maximum Gasteiger partial charge on any atom is 0.309 e. The number of Topliss-reactive ketones (excluding diaryl/α,β-unsaturated/α-hetero) is 1. The highest BCUT2D eigenvalue weighted by Gasteiger charge is 2.28. The number of esters is 1. The molecule has 1 aliphatic rings. The number of ether oxygens (including phenoxy) is 1. The number of allylic oxidation sites excluding steroid dienone is 1. The molecule has 3 heteroatoms. The van der Waals surface area contributed by atoms with Crippen LogP contribution < -0.4 is 0 Å². The van der Waals surface area contributed by atoms with Crippen LogP contribution in [0.5, 0.6) is 0 Å². The van der Waals surface area contributed by atoms with Gasteiger partial charge in [-0.15, -0.1) is 0 Å². The van der Waals surface area contributed by atoms with Crippen molar-refractivity contribution in [1.29, 1.82) is 0 Å². The van der Waals surface area contributed by atoms with E-state index in [1.54, 1.807) is 6.92 Å². The molecule has 0 fully saturated rings. The van der Waals surface area contributed by atoms with Crippen molar-refractivity contribution >= 4 is 11.8 Å². The highest BCUT2D eigenvalue weighted by atomic mass is 16.5. The number of ketones is 1. The van der Waals surface area contributed by atoms with Crippen molar-refractivity contribution in [2.24, 2.45) is 5.92 Å². The van der Waals surface area contributed by atoms with Gasteiger partial charge in [-0.05, 0) is 13.3 Å². The van der Waals surface area contributed by atoms with Gasteiger partial charge in [0, 0.05) is 12.3 Å². The molecule has 0 aliphatic heterocycles. The molecule has 0 heterocycles. The van der Waals surface area contributed by atoms with E-state index in [9.17, 15) is 9.59 Å². The summed E-state index contributed by atoms with van der Waals surface area (Å²) < 4.78 is 4.92. The van der Waals surface area contributed by atoms with E-state index in [1.807, 2.05) is 6.08 Å². The second-order valence-electron chi connectivity index (χ2n) is 4.48. The summed E-state index contributed by atoms with van der Waals surface area (Å²) in [7, 11) is 0. The monoisotopic (exact) mass is 238 g/mol. The van der Waals surface area contributed by atoms with Gasteiger partial charge in [-0.2, -0.15) is 0 Å². The van der Waals surface area contributed by atoms with E-state index in [0.717, 1.165) is 31.3 Å². The van der Waals surface area contributed by atoms with E-state index in [0.29, 0.717) is 13.0 Å². The average molecular weight is 238 g/mol. The Hall–Kier alpha value is -1.12. The first-order chi connectivity index (χ1) is 8.19. The molecule has 0 bridgehead atoms. The Morgan fingerprint density at radius 1 is 1.41 bits per heavy atom. The van der Waals surface area contributed by atoms with E-state index in [2.05, 4.69) is 6.92 Å². The predicted molar refractivity (Wildman–Crippen MR) is 66.6 cm³/mol. The fourth-order valence-corrected chi connectivity index (χ4v) is 2.24. The summed E-state index contributed by atoms with van der Waals surface area (Å²) in [4.78, 5) is 23.1. The minimum absolute atomic E-state index is 0.0223. The van der Waals surface area contributed by atoms with Gasteiger partial charge in [0.05, 0.1) is 13.0 Å². The van der Waals surface area contributed by atoms with E-state index in [4.69, 9.17) is 4.74 Å². The third-order valence-corrected chi connectivity index (χ3v) is 3.15. The van der Waals surface area contributed by atoms with E-state index >= 15 is 0 Å². The smallest absolute Gasteiger partial charge is 0.309 e. The molecule has 1 rings (SSSR count). The van der Waals surface area contributed by atoms with Gasteiger partial charge in [-0.3, -0.25) is 9.59 Å². The molecule has 0 spiro atoms. The summed E-state index contributed by atoms with van der Waals surface area (Å²) in [5.74, 6) is 0.0281. The molecule has 0 aromatic heterocycles. The fraction of sp³-hybridized carbons (Fsp3) is 0.714. The lowest BCUT2D eigenvalue weighted by atomic mass is 9.92. The largest absolute Gasteiger partial charge is 0.466 e.